The average molecular weight is 295 g/mol. The van der Waals surface area contributed by atoms with Gasteiger partial charge in [0.1, 0.15) is 5.69 Å². The predicted octanol–water partition coefficient (Wildman–Crippen LogP) is 4.03. The lowest BCUT2D eigenvalue weighted by Crippen LogP contribution is -1.97. The smallest absolute Gasteiger partial charge is 0.303 e. The van der Waals surface area contributed by atoms with E-state index in [9.17, 15) is 4.79 Å². The van der Waals surface area contributed by atoms with Crippen molar-refractivity contribution in [2.45, 2.75) is 12.8 Å². The number of aryl methyl sites for hydroxylation is 1. The molecule has 0 fully saturated rings. The molecule has 0 atom stereocenters. The summed E-state index contributed by atoms with van der Waals surface area (Å²) in [5.74, 6) is -0.985. The maximum atomic E-state index is 11.0. The lowest BCUT2D eigenvalue weighted by atomic mass is 10.1. The fourth-order valence-electron chi connectivity index (χ4n) is 2.17. The van der Waals surface area contributed by atoms with Crippen LogP contribution in [-0.4, -0.2) is 16.1 Å². The quantitative estimate of drug-likeness (QED) is 0.772. The van der Waals surface area contributed by atoms with Crippen molar-refractivity contribution in [3.8, 4) is 22.6 Å². The average Bonchev–Trinajstić information content (AvgIpc) is 2.99. The van der Waals surface area contributed by atoms with Gasteiger partial charge in [-0.2, -0.15) is 0 Å². The highest BCUT2D eigenvalue weighted by atomic mass is 16.4. The molecule has 1 N–H and O–H groups in total. The number of aliphatic carboxylic acids is 1. The Kier molecular flexibility index (Phi) is 3.34. The van der Waals surface area contributed by atoms with Gasteiger partial charge >= 0.3 is 5.97 Å². The van der Waals surface area contributed by atoms with E-state index in [4.69, 9.17) is 12.3 Å². The van der Waals surface area contributed by atoms with Gasteiger partial charge in [0.05, 0.1) is 6.37 Å². The van der Waals surface area contributed by atoms with Crippen molar-refractivity contribution < 1.29 is 17.1 Å². The minimum absolute atomic E-state index is 0.0557. The van der Waals surface area contributed by atoms with Gasteiger partial charge in [0.25, 0.3) is 0 Å². The summed E-state index contributed by atoms with van der Waals surface area (Å²) in [4.78, 5) is 15.4. The van der Waals surface area contributed by atoms with E-state index in [0.29, 0.717) is 11.5 Å². The third-order valence-corrected chi connectivity index (χ3v) is 3.15. The Labute approximate surface area is 130 Å². The van der Waals surface area contributed by atoms with E-state index in [0.717, 1.165) is 11.1 Å². The number of benzene rings is 2. The lowest BCUT2D eigenvalue weighted by Gasteiger charge is -2.00. The molecule has 22 heavy (non-hydrogen) atoms. The second-order valence-corrected chi connectivity index (χ2v) is 4.68. The fraction of sp³-hybridized carbons (Fsp3) is 0.111. The summed E-state index contributed by atoms with van der Waals surface area (Å²) in [6, 6.07) is 18.7. The monoisotopic (exact) mass is 295 g/mol. The second kappa shape index (κ2) is 6.26. The molecule has 4 heteroatoms. The van der Waals surface area contributed by atoms with Crippen LogP contribution in [0.5, 0.6) is 0 Å². The number of carbonyl (C=O) groups is 1. The van der Waals surface area contributed by atoms with Crippen molar-refractivity contribution in [1.29, 1.82) is 0 Å². The van der Waals surface area contributed by atoms with Crippen LogP contribution < -0.4 is 0 Å². The zero-order valence-electron chi connectivity index (χ0n) is 13.7. The van der Waals surface area contributed by atoms with E-state index in [1.54, 1.807) is 0 Å². The van der Waals surface area contributed by atoms with Gasteiger partial charge in [0, 0.05) is 20.3 Å². The zero-order chi connectivity index (χ0) is 17.2. The Morgan fingerprint density at radius 1 is 1.05 bits per heavy atom. The third kappa shape index (κ3) is 3.06. The van der Waals surface area contributed by atoms with Gasteiger partial charge in [0.15, 0.2) is 11.7 Å². The lowest BCUT2D eigenvalue weighted by molar-refractivity contribution is -0.137. The van der Waals surface area contributed by atoms with Gasteiger partial charge in [0.2, 0.25) is 0 Å². The number of carboxylic acids is 1. The fourth-order valence-corrected chi connectivity index (χ4v) is 2.17. The van der Waals surface area contributed by atoms with E-state index < -0.39 is 18.8 Å². The van der Waals surface area contributed by atoms with Crippen LogP contribution in [0.2, 0.25) is 0 Å². The molecule has 0 amide bonds. The SMILES string of the molecule is [2H]C([2H])(Cc1nc(-c2ccccc2)c(-c2ccccc2)o1)C(=O)O. The summed E-state index contributed by atoms with van der Waals surface area (Å²) in [7, 11) is 0. The molecule has 1 heterocycles. The summed E-state index contributed by atoms with van der Waals surface area (Å²) in [5, 5.41) is 8.97. The highest BCUT2D eigenvalue weighted by Gasteiger charge is 2.17. The molecule has 110 valence electrons. The van der Waals surface area contributed by atoms with E-state index in [1.807, 2.05) is 60.7 Å². The molecule has 2 aromatic carbocycles. The first-order valence-corrected chi connectivity index (χ1v) is 6.81. The normalized spacial score (nSPS) is 12.5. The minimum Gasteiger partial charge on any atom is -0.481 e. The number of oxazole rings is 1. The molecule has 4 nitrogen and oxygen atoms in total. The van der Waals surface area contributed by atoms with Crippen molar-refractivity contribution in [3.63, 3.8) is 0 Å². The Bertz CT molecular complexity index is 788. The molecule has 0 aliphatic carbocycles. The first kappa shape index (κ1) is 11.7. The van der Waals surface area contributed by atoms with Gasteiger partial charge in [-0.05, 0) is 0 Å². The predicted molar refractivity (Wildman–Crippen MR) is 83.3 cm³/mol. The van der Waals surface area contributed by atoms with E-state index in [1.165, 1.54) is 0 Å². The highest BCUT2D eigenvalue weighted by Crippen LogP contribution is 2.32. The molecule has 3 aromatic rings. The molecule has 0 unspecified atom stereocenters. The molecular formula is C18H15NO3. The standard InChI is InChI=1S/C18H15NO3/c20-16(21)12-11-15-19-17(13-7-3-1-4-8-13)18(22-15)14-9-5-2-6-10-14/h1-10H,11-12H2,(H,20,21)/i12D2. The first-order valence-electron chi connectivity index (χ1n) is 7.81. The van der Waals surface area contributed by atoms with Gasteiger partial charge in [-0.25, -0.2) is 4.98 Å². The molecule has 3 rings (SSSR count). The summed E-state index contributed by atoms with van der Waals surface area (Å²) in [5.41, 5.74) is 2.19. The number of carboxylic acid groups (broad SMARTS) is 1. The molecule has 0 saturated heterocycles. The molecule has 0 aliphatic rings. The Morgan fingerprint density at radius 3 is 2.23 bits per heavy atom. The van der Waals surface area contributed by atoms with Crippen LogP contribution in [0.25, 0.3) is 22.6 Å². The van der Waals surface area contributed by atoms with Crippen molar-refractivity contribution in [2.24, 2.45) is 0 Å². The van der Waals surface area contributed by atoms with E-state index >= 15 is 0 Å². The first-order chi connectivity index (χ1) is 11.5. The van der Waals surface area contributed by atoms with Crippen molar-refractivity contribution >= 4 is 5.97 Å². The molecular weight excluding hydrogens is 278 g/mol. The van der Waals surface area contributed by atoms with Crippen LogP contribution in [0.3, 0.4) is 0 Å². The number of aromatic nitrogens is 1. The summed E-state index contributed by atoms with van der Waals surface area (Å²) in [6.07, 6.45) is -2.87. The van der Waals surface area contributed by atoms with Crippen molar-refractivity contribution in [2.75, 3.05) is 0 Å². The Balaban J connectivity index is 2.08. The van der Waals surface area contributed by atoms with Crippen LogP contribution in [0.4, 0.5) is 0 Å². The number of hydrogen-bond donors (Lipinski definition) is 1. The maximum absolute atomic E-state index is 11.0. The van der Waals surface area contributed by atoms with Crippen molar-refractivity contribution in [1.82, 2.24) is 4.98 Å². The minimum atomic E-state index is -2.44. The molecule has 0 spiro atoms. The van der Waals surface area contributed by atoms with Crippen LogP contribution in [0.15, 0.2) is 65.1 Å². The summed E-state index contributed by atoms with van der Waals surface area (Å²) < 4.78 is 20.9. The number of nitrogens with zero attached hydrogens (tertiary/aromatic N) is 1. The third-order valence-electron chi connectivity index (χ3n) is 3.15. The van der Waals surface area contributed by atoms with Crippen LogP contribution >= 0.6 is 0 Å². The summed E-state index contributed by atoms with van der Waals surface area (Å²) >= 11 is 0. The zero-order valence-corrected chi connectivity index (χ0v) is 11.7. The van der Waals surface area contributed by atoms with E-state index in [2.05, 4.69) is 4.98 Å². The van der Waals surface area contributed by atoms with Crippen LogP contribution in [-0.2, 0) is 11.2 Å². The van der Waals surface area contributed by atoms with Crippen LogP contribution in [0.1, 0.15) is 15.0 Å². The van der Waals surface area contributed by atoms with Crippen LogP contribution in [0, 0.1) is 0 Å². The van der Waals surface area contributed by atoms with E-state index in [-0.39, 0.29) is 5.89 Å². The molecule has 0 radical (unpaired) electrons. The highest BCUT2D eigenvalue weighted by molar-refractivity contribution is 5.76. The van der Waals surface area contributed by atoms with Gasteiger partial charge < -0.3 is 9.52 Å². The molecule has 1 aromatic heterocycles. The number of hydrogen-bond acceptors (Lipinski definition) is 3. The molecule has 0 bridgehead atoms. The van der Waals surface area contributed by atoms with Gasteiger partial charge in [-0.1, -0.05) is 60.7 Å². The van der Waals surface area contributed by atoms with Crippen molar-refractivity contribution in [3.05, 3.63) is 66.6 Å². The summed E-state index contributed by atoms with van der Waals surface area (Å²) in [6.45, 7) is 0. The number of rotatable bonds is 5. The Hall–Kier alpha value is -2.88. The van der Waals surface area contributed by atoms with Gasteiger partial charge in [-0.15, -0.1) is 0 Å². The largest absolute Gasteiger partial charge is 0.481 e. The maximum Gasteiger partial charge on any atom is 0.303 e. The second-order valence-electron chi connectivity index (χ2n) is 4.68. The van der Waals surface area contributed by atoms with Gasteiger partial charge in [-0.3, -0.25) is 4.79 Å². The topological polar surface area (TPSA) is 63.3 Å². The molecule has 0 aliphatic heterocycles. The Morgan fingerprint density at radius 2 is 1.64 bits per heavy atom. The molecule has 0 saturated carbocycles.